The Balaban J connectivity index is 1.74. The van der Waals surface area contributed by atoms with E-state index in [-0.39, 0.29) is 30.8 Å². The maximum Gasteiger partial charge on any atom is 0.249 e. The summed E-state index contributed by atoms with van der Waals surface area (Å²) in [5.74, 6) is -0.968. The molecule has 0 radical (unpaired) electrons. The van der Waals surface area contributed by atoms with E-state index < -0.39 is 6.04 Å². The highest BCUT2D eigenvalue weighted by atomic mass is 19.1. The first-order valence-electron chi connectivity index (χ1n) is 7.61. The SMILES string of the molecule is O=C(Nc1ccc(F)cc1)C1COCC(=O)N1Cc1ccccc1. The van der Waals surface area contributed by atoms with Gasteiger partial charge in [-0.3, -0.25) is 9.59 Å². The quantitative estimate of drug-likeness (QED) is 0.936. The maximum atomic E-state index is 12.9. The Morgan fingerprint density at radius 1 is 1.17 bits per heavy atom. The number of carbonyl (C=O) groups excluding carboxylic acids is 2. The summed E-state index contributed by atoms with van der Waals surface area (Å²) in [7, 11) is 0. The molecule has 3 rings (SSSR count). The van der Waals surface area contributed by atoms with Gasteiger partial charge in [0, 0.05) is 12.2 Å². The van der Waals surface area contributed by atoms with Gasteiger partial charge < -0.3 is 15.0 Å². The molecule has 1 heterocycles. The number of hydrogen-bond donors (Lipinski definition) is 1. The fraction of sp³-hybridized carbons (Fsp3) is 0.222. The van der Waals surface area contributed by atoms with E-state index in [1.807, 2.05) is 30.3 Å². The number of ether oxygens (including phenoxy) is 1. The lowest BCUT2D eigenvalue weighted by atomic mass is 10.1. The third-order valence-corrected chi connectivity index (χ3v) is 3.81. The van der Waals surface area contributed by atoms with Crippen LogP contribution >= 0.6 is 0 Å². The number of anilines is 1. The molecule has 0 bridgehead atoms. The number of nitrogens with one attached hydrogen (secondary N) is 1. The van der Waals surface area contributed by atoms with Gasteiger partial charge in [0.2, 0.25) is 11.8 Å². The molecule has 1 aliphatic heterocycles. The Hall–Kier alpha value is -2.73. The van der Waals surface area contributed by atoms with Gasteiger partial charge in [-0.2, -0.15) is 0 Å². The Labute approximate surface area is 139 Å². The molecule has 2 aromatic rings. The zero-order valence-corrected chi connectivity index (χ0v) is 12.9. The molecule has 1 aliphatic rings. The summed E-state index contributed by atoms with van der Waals surface area (Å²) in [6.45, 7) is 0.434. The van der Waals surface area contributed by atoms with E-state index in [9.17, 15) is 14.0 Å². The van der Waals surface area contributed by atoms with Crippen molar-refractivity contribution in [2.24, 2.45) is 0 Å². The van der Waals surface area contributed by atoms with Gasteiger partial charge in [0.25, 0.3) is 0 Å². The summed E-state index contributed by atoms with van der Waals surface area (Å²) < 4.78 is 18.2. The van der Waals surface area contributed by atoms with Crippen LogP contribution < -0.4 is 5.32 Å². The van der Waals surface area contributed by atoms with Gasteiger partial charge in [-0.1, -0.05) is 30.3 Å². The zero-order chi connectivity index (χ0) is 16.9. The van der Waals surface area contributed by atoms with E-state index >= 15 is 0 Å². The molecule has 1 saturated heterocycles. The summed E-state index contributed by atoms with van der Waals surface area (Å²) in [5, 5.41) is 2.70. The summed E-state index contributed by atoms with van der Waals surface area (Å²) in [6.07, 6.45) is 0. The minimum absolute atomic E-state index is 0.0346. The number of benzene rings is 2. The minimum Gasteiger partial charge on any atom is -0.369 e. The first-order valence-corrected chi connectivity index (χ1v) is 7.61. The molecular formula is C18H17FN2O3. The van der Waals surface area contributed by atoms with Crippen molar-refractivity contribution in [1.82, 2.24) is 4.90 Å². The molecule has 2 amide bonds. The van der Waals surface area contributed by atoms with Crippen LogP contribution in [0, 0.1) is 5.82 Å². The van der Waals surface area contributed by atoms with E-state index in [2.05, 4.69) is 5.32 Å². The van der Waals surface area contributed by atoms with Gasteiger partial charge in [-0.15, -0.1) is 0 Å². The average Bonchev–Trinajstić information content (AvgIpc) is 2.59. The fourth-order valence-corrected chi connectivity index (χ4v) is 2.56. The molecule has 0 saturated carbocycles. The highest BCUT2D eigenvalue weighted by molar-refractivity contribution is 5.97. The Kier molecular flexibility index (Phi) is 4.86. The highest BCUT2D eigenvalue weighted by Gasteiger charge is 2.34. The first kappa shape index (κ1) is 16.1. The highest BCUT2D eigenvalue weighted by Crippen LogP contribution is 2.16. The molecule has 6 heteroatoms. The molecule has 1 unspecified atom stereocenters. The molecule has 0 aliphatic carbocycles. The maximum absolute atomic E-state index is 12.9. The Morgan fingerprint density at radius 2 is 1.88 bits per heavy atom. The number of nitrogens with zero attached hydrogens (tertiary/aromatic N) is 1. The second-order valence-corrected chi connectivity index (χ2v) is 5.53. The van der Waals surface area contributed by atoms with Crippen molar-refractivity contribution in [3.8, 4) is 0 Å². The zero-order valence-electron chi connectivity index (χ0n) is 12.9. The lowest BCUT2D eigenvalue weighted by Crippen LogP contribution is -2.54. The van der Waals surface area contributed by atoms with Crippen LogP contribution in [-0.2, 0) is 20.9 Å². The number of carbonyl (C=O) groups is 2. The third-order valence-electron chi connectivity index (χ3n) is 3.81. The van der Waals surface area contributed by atoms with Crippen molar-refractivity contribution in [2.75, 3.05) is 18.5 Å². The molecule has 5 nitrogen and oxygen atoms in total. The van der Waals surface area contributed by atoms with Gasteiger partial charge in [0.15, 0.2) is 0 Å². The van der Waals surface area contributed by atoms with E-state index in [0.717, 1.165) is 5.56 Å². The predicted octanol–water partition coefficient (Wildman–Crippen LogP) is 2.19. The lowest BCUT2D eigenvalue weighted by Gasteiger charge is -2.34. The molecule has 0 aromatic heterocycles. The van der Waals surface area contributed by atoms with E-state index in [1.54, 1.807) is 0 Å². The molecule has 124 valence electrons. The van der Waals surface area contributed by atoms with Crippen LogP contribution in [0.25, 0.3) is 0 Å². The number of amides is 2. The topological polar surface area (TPSA) is 58.6 Å². The standard InChI is InChI=1S/C18H17FN2O3/c19-14-6-8-15(9-7-14)20-18(23)16-11-24-12-17(22)21(16)10-13-4-2-1-3-5-13/h1-9,16H,10-12H2,(H,20,23). The second kappa shape index (κ2) is 7.23. The molecular weight excluding hydrogens is 311 g/mol. The van der Waals surface area contributed by atoms with Crippen molar-refractivity contribution < 1.29 is 18.7 Å². The molecule has 2 aromatic carbocycles. The normalized spacial score (nSPS) is 17.6. The summed E-state index contributed by atoms with van der Waals surface area (Å²) in [6, 6.07) is 14.2. The number of morpholine rings is 1. The van der Waals surface area contributed by atoms with Crippen LogP contribution in [0.3, 0.4) is 0 Å². The molecule has 1 atom stereocenters. The number of halogens is 1. The predicted molar refractivity (Wildman–Crippen MR) is 86.6 cm³/mol. The van der Waals surface area contributed by atoms with Gasteiger partial charge in [0.1, 0.15) is 18.5 Å². The van der Waals surface area contributed by atoms with Crippen LogP contribution in [0.4, 0.5) is 10.1 Å². The first-order chi connectivity index (χ1) is 11.6. The fourth-order valence-electron chi connectivity index (χ4n) is 2.56. The molecule has 0 spiro atoms. The monoisotopic (exact) mass is 328 g/mol. The Bertz CT molecular complexity index is 719. The van der Waals surface area contributed by atoms with Crippen molar-refractivity contribution >= 4 is 17.5 Å². The third kappa shape index (κ3) is 3.78. The van der Waals surface area contributed by atoms with E-state index in [4.69, 9.17) is 4.74 Å². The van der Waals surface area contributed by atoms with E-state index in [1.165, 1.54) is 29.2 Å². The van der Waals surface area contributed by atoms with Crippen LogP contribution in [0.2, 0.25) is 0 Å². The van der Waals surface area contributed by atoms with Gasteiger partial charge in [0.05, 0.1) is 6.61 Å². The second-order valence-electron chi connectivity index (χ2n) is 5.53. The van der Waals surface area contributed by atoms with Crippen LogP contribution in [0.15, 0.2) is 54.6 Å². The van der Waals surface area contributed by atoms with E-state index in [0.29, 0.717) is 12.2 Å². The number of rotatable bonds is 4. The van der Waals surface area contributed by atoms with Crippen LogP contribution in [-0.4, -0.2) is 36.0 Å². The van der Waals surface area contributed by atoms with Crippen molar-refractivity contribution in [3.05, 3.63) is 66.0 Å². The largest absolute Gasteiger partial charge is 0.369 e. The van der Waals surface area contributed by atoms with Crippen molar-refractivity contribution in [1.29, 1.82) is 0 Å². The number of hydrogen-bond acceptors (Lipinski definition) is 3. The summed E-state index contributed by atoms with van der Waals surface area (Å²) in [5.41, 5.74) is 1.41. The smallest absolute Gasteiger partial charge is 0.249 e. The molecule has 24 heavy (non-hydrogen) atoms. The van der Waals surface area contributed by atoms with Gasteiger partial charge >= 0.3 is 0 Å². The average molecular weight is 328 g/mol. The molecule has 1 fully saturated rings. The van der Waals surface area contributed by atoms with Crippen LogP contribution in [0.5, 0.6) is 0 Å². The van der Waals surface area contributed by atoms with Crippen molar-refractivity contribution in [3.63, 3.8) is 0 Å². The summed E-state index contributed by atoms with van der Waals surface area (Å²) in [4.78, 5) is 26.2. The Morgan fingerprint density at radius 3 is 2.58 bits per heavy atom. The summed E-state index contributed by atoms with van der Waals surface area (Å²) >= 11 is 0. The van der Waals surface area contributed by atoms with Gasteiger partial charge in [-0.25, -0.2) is 4.39 Å². The van der Waals surface area contributed by atoms with Crippen LogP contribution in [0.1, 0.15) is 5.56 Å². The lowest BCUT2D eigenvalue weighted by molar-refractivity contribution is -0.154. The van der Waals surface area contributed by atoms with Gasteiger partial charge in [-0.05, 0) is 29.8 Å². The minimum atomic E-state index is -0.725. The van der Waals surface area contributed by atoms with Crippen molar-refractivity contribution in [2.45, 2.75) is 12.6 Å². The molecule has 1 N–H and O–H groups in total.